The molecule has 6 nitrogen and oxygen atoms in total. The van der Waals surface area contributed by atoms with E-state index >= 15 is 0 Å². The van der Waals surface area contributed by atoms with E-state index in [-0.39, 0.29) is 0 Å². The van der Waals surface area contributed by atoms with E-state index in [0.29, 0.717) is 5.69 Å². The second-order valence-electron chi connectivity index (χ2n) is 3.78. The van der Waals surface area contributed by atoms with Crippen molar-refractivity contribution in [3.63, 3.8) is 0 Å². The third-order valence-corrected chi connectivity index (χ3v) is 3.09. The van der Waals surface area contributed by atoms with Gasteiger partial charge >= 0.3 is 5.97 Å². The number of carbonyl (C=O) groups is 1. The lowest BCUT2D eigenvalue weighted by Crippen LogP contribution is -2.37. The Balaban J connectivity index is 2.92. The van der Waals surface area contributed by atoms with Gasteiger partial charge in [0.25, 0.3) is 10.1 Å². The minimum absolute atomic E-state index is 0.608. The van der Waals surface area contributed by atoms with Crippen LogP contribution in [-0.4, -0.2) is 37.8 Å². The summed E-state index contributed by atoms with van der Waals surface area (Å²) in [4.78, 5) is 11.4. The third kappa shape index (κ3) is 4.34. The van der Waals surface area contributed by atoms with Gasteiger partial charge in [0.15, 0.2) is 0 Å². The minimum Gasteiger partial charge on any atom is -0.467 e. The molecule has 0 saturated carbocycles. The van der Waals surface area contributed by atoms with Crippen molar-refractivity contribution < 1.29 is 22.5 Å². The molecule has 0 aromatic heterocycles. The Morgan fingerprint density at radius 2 is 2.06 bits per heavy atom. The quantitative estimate of drug-likeness (QED) is 0.610. The summed E-state index contributed by atoms with van der Waals surface area (Å²) in [6.45, 7) is 1.81. The smallest absolute Gasteiger partial charge is 0.329 e. The van der Waals surface area contributed by atoms with Crippen LogP contribution >= 0.6 is 0 Å². The zero-order valence-electron chi connectivity index (χ0n) is 10.1. The van der Waals surface area contributed by atoms with E-state index in [1.807, 2.05) is 19.1 Å². The second-order valence-corrected chi connectivity index (χ2v) is 5.28. The van der Waals surface area contributed by atoms with Crippen LogP contribution in [0.25, 0.3) is 0 Å². The normalized spacial score (nSPS) is 12.8. The molecule has 0 spiro atoms. The standard InChI is InChI=1S/C11H15NO5S/c1-8-5-3-4-6-9(8)12-10(11(13)17-2)7-18(14,15)16/h3-6,10,12H,7H2,1-2H3,(H,14,15,16)/t10-/m0/s1. The molecule has 0 aliphatic rings. The van der Waals surface area contributed by atoms with Crippen LogP contribution in [0.15, 0.2) is 24.3 Å². The van der Waals surface area contributed by atoms with E-state index < -0.39 is 27.9 Å². The van der Waals surface area contributed by atoms with E-state index in [1.165, 1.54) is 0 Å². The molecule has 1 rings (SSSR count). The van der Waals surface area contributed by atoms with E-state index in [1.54, 1.807) is 12.1 Å². The predicted molar refractivity (Wildman–Crippen MR) is 67.0 cm³/mol. The van der Waals surface area contributed by atoms with E-state index in [9.17, 15) is 13.2 Å². The summed E-state index contributed by atoms with van der Waals surface area (Å²) < 4.78 is 35.0. The average molecular weight is 273 g/mol. The number of benzene rings is 1. The van der Waals surface area contributed by atoms with Gasteiger partial charge in [-0.15, -0.1) is 0 Å². The van der Waals surface area contributed by atoms with Crippen molar-refractivity contribution in [3.8, 4) is 0 Å². The van der Waals surface area contributed by atoms with Crippen LogP contribution < -0.4 is 5.32 Å². The first-order valence-corrected chi connectivity index (χ1v) is 6.79. The van der Waals surface area contributed by atoms with Crippen LogP contribution in [-0.2, 0) is 19.6 Å². The summed E-state index contributed by atoms with van der Waals surface area (Å²) in [6.07, 6.45) is 0. The Bertz CT molecular complexity index is 526. The highest BCUT2D eigenvalue weighted by Gasteiger charge is 2.25. The molecule has 100 valence electrons. The summed E-state index contributed by atoms with van der Waals surface area (Å²) in [5.74, 6) is -1.50. The maximum absolute atomic E-state index is 11.4. The monoisotopic (exact) mass is 273 g/mol. The summed E-state index contributed by atoms with van der Waals surface area (Å²) in [7, 11) is -3.12. The van der Waals surface area contributed by atoms with Crippen molar-refractivity contribution in [1.29, 1.82) is 0 Å². The van der Waals surface area contributed by atoms with Crippen LogP contribution in [0.4, 0.5) is 5.69 Å². The number of hydrogen-bond donors (Lipinski definition) is 2. The molecule has 0 amide bonds. The molecule has 18 heavy (non-hydrogen) atoms. The zero-order valence-corrected chi connectivity index (χ0v) is 10.9. The fourth-order valence-electron chi connectivity index (χ4n) is 1.44. The van der Waals surface area contributed by atoms with E-state index in [0.717, 1.165) is 12.7 Å². The fourth-order valence-corrected chi connectivity index (χ4v) is 2.08. The number of ether oxygens (including phenoxy) is 1. The maximum Gasteiger partial charge on any atom is 0.329 e. The topological polar surface area (TPSA) is 92.7 Å². The molecule has 0 radical (unpaired) electrons. The number of carbonyl (C=O) groups excluding carboxylic acids is 1. The van der Waals surface area contributed by atoms with E-state index in [4.69, 9.17) is 4.55 Å². The van der Waals surface area contributed by atoms with Crippen molar-refractivity contribution in [3.05, 3.63) is 29.8 Å². The lowest BCUT2D eigenvalue weighted by molar-refractivity contribution is -0.141. The molecular formula is C11H15NO5S. The molecule has 0 heterocycles. The fraction of sp³-hybridized carbons (Fsp3) is 0.364. The van der Waals surface area contributed by atoms with Crippen LogP contribution in [0.1, 0.15) is 5.56 Å². The number of hydrogen-bond acceptors (Lipinski definition) is 5. The zero-order chi connectivity index (χ0) is 13.8. The number of aryl methyl sites for hydroxylation is 1. The number of nitrogens with one attached hydrogen (secondary N) is 1. The van der Waals surface area contributed by atoms with Crippen molar-refractivity contribution in [2.45, 2.75) is 13.0 Å². The van der Waals surface area contributed by atoms with Gasteiger partial charge in [-0.2, -0.15) is 8.42 Å². The van der Waals surface area contributed by atoms with Gasteiger partial charge in [-0.3, -0.25) is 4.55 Å². The van der Waals surface area contributed by atoms with Gasteiger partial charge in [0, 0.05) is 5.69 Å². The molecule has 2 N–H and O–H groups in total. The molecule has 0 saturated heterocycles. The van der Waals surface area contributed by atoms with Crippen LogP contribution in [0.3, 0.4) is 0 Å². The largest absolute Gasteiger partial charge is 0.467 e. The highest BCUT2D eigenvalue weighted by molar-refractivity contribution is 7.85. The molecule has 1 aromatic carbocycles. The number of methoxy groups -OCH3 is 1. The SMILES string of the molecule is COC(=O)[C@H](CS(=O)(=O)O)Nc1ccccc1C. The van der Waals surface area contributed by atoms with Crippen molar-refractivity contribution in [2.75, 3.05) is 18.2 Å². The predicted octanol–water partition coefficient (Wildman–Crippen LogP) is 0.836. The minimum atomic E-state index is -4.27. The molecule has 1 aromatic rings. The summed E-state index contributed by atoms with van der Waals surface area (Å²) in [5.41, 5.74) is 1.46. The molecule has 0 bridgehead atoms. The van der Waals surface area contributed by atoms with Gasteiger partial charge in [0.05, 0.1) is 7.11 Å². The van der Waals surface area contributed by atoms with Crippen molar-refractivity contribution in [2.24, 2.45) is 0 Å². The molecule has 7 heteroatoms. The van der Waals surface area contributed by atoms with Crippen LogP contribution in [0, 0.1) is 6.92 Å². The average Bonchev–Trinajstić information content (AvgIpc) is 2.28. The van der Waals surface area contributed by atoms with Crippen LogP contribution in [0.5, 0.6) is 0 Å². The Morgan fingerprint density at radius 1 is 1.44 bits per heavy atom. The van der Waals surface area contributed by atoms with E-state index in [2.05, 4.69) is 10.1 Å². The first kappa shape index (κ1) is 14.5. The number of para-hydroxylation sites is 1. The number of esters is 1. The number of anilines is 1. The number of rotatable bonds is 5. The summed E-state index contributed by atoms with van der Waals surface area (Å²) in [6, 6.07) is 5.93. The first-order chi connectivity index (χ1) is 8.33. The second kappa shape index (κ2) is 5.83. The molecular weight excluding hydrogens is 258 g/mol. The Hall–Kier alpha value is -1.60. The Morgan fingerprint density at radius 3 is 2.56 bits per heavy atom. The first-order valence-electron chi connectivity index (χ1n) is 5.18. The Labute approximate surface area is 106 Å². The Kier molecular flexibility index (Phi) is 4.69. The van der Waals surface area contributed by atoms with Gasteiger partial charge in [-0.1, -0.05) is 18.2 Å². The highest BCUT2D eigenvalue weighted by atomic mass is 32.2. The molecule has 0 aliphatic carbocycles. The van der Waals surface area contributed by atoms with Crippen molar-refractivity contribution in [1.82, 2.24) is 0 Å². The van der Waals surface area contributed by atoms with Crippen LogP contribution in [0.2, 0.25) is 0 Å². The lowest BCUT2D eigenvalue weighted by Gasteiger charge is -2.17. The third-order valence-electron chi connectivity index (χ3n) is 2.34. The lowest BCUT2D eigenvalue weighted by atomic mass is 10.2. The van der Waals surface area contributed by atoms with Gasteiger partial charge < -0.3 is 10.1 Å². The van der Waals surface area contributed by atoms with Gasteiger partial charge in [-0.05, 0) is 18.6 Å². The summed E-state index contributed by atoms with van der Waals surface area (Å²) >= 11 is 0. The maximum atomic E-state index is 11.4. The molecule has 0 unspecified atom stereocenters. The van der Waals surface area contributed by atoms with Gasteiger partial charge in [-0.25, -0.2) is 4.79 Å². The summed E-state index contributed by atoms with van der Waals surface area (Å²) in [5, 5.41) is 2.74. The molecule has 1 atom stereocenters. The molecule has 0 fully saturated rings. The van der Waals surface area contributed by atoms with Crippen molar-refractivity contribution >= 4 is 21.8 Å². The van der Waals surface area contributed by atoms with Gasteiger partial charge in [0.2, 0.25) is 0 Å². The highest BCUT2D eigenvalue weighted by Crippen LogP contribution is 2.15. The molecule has 0 aliphatic heterocycles. The van der Waals surface area contributed by atoms with Gasteiger partial charge in [0.1, 0.15) is 11.8 Å².